The largest absolute Gasteiger partial charge is 0.465 e. The van der Waals surface area contributed by atoms with Crippen molar-refractivity contribution in [2.75, 3.05) is 20.6 Å². The smallest absolute Gasteiger partial charge is 0.404 e. The molecule has 0 radical (unpaired) electrons. The molecule has 0 fully saturated rings. The minimum Gasteiger partial charge on any atom is -0.465 e. The normalized spacial score (nSPS) is 12.4. The third kappa shape index (κ3) is 4.79. The van der Waals surface area contributed by atoms with Crippen molar-refractivity contribution in [2.45, 2.75) is 12.5 Å². The van der Waals surface area contributed by atoms with Gasteiger partial charge in [0.2, 0.25) is 0 Å². The fraction of sp³-hybridized carbons (Fsp3) is 0.417. The van der Waals surface area contributed by atoms with Crippen LogP contribution in [0.5, 0.6) is 0 Å². The average molecular weight is 222 g/mol. The van der Waals surface area contributed by atoms with Crippen LogP contribution < -0.4 is 5.32 Å². The highest BCUT2D eigenvalue weighted by Gasteiger charge is 2.12. The fourth-order valence-corrected chi connectivity index (χ4v) is 1.68. The highest BCUT2D eigenvalue weighted by atomic mass is 16.4. The number of carbonyl (C=O) groups is 1. The second-order valence-electron chi connectivity index (χ2n) is 4.10. The molecular formula is C12H18N2O2. The maximum Gasteiger partial charge on any atom is 0.404 e. The molecule has 0 saturated heterocycles. The maximum atomic E-state index is 10.7. The summed E-state index contributed by atoms with van der Waals surface area (Å²) in [7, 11) is 3.86. The van der Waals surface area contributed by atoms with E-state index in [4.69, 9.17) is 5.11 Å². The number of nitrogens with one attached hydrogen (secondary N) is 1. The molecule has 2 N–H and O–H groups in total. The number of rotatable bonds is 5. The molecule has 1 amide bonds. The van der Waals surface area contributed by atoms with Crippen LogP contribution in [0.1, 0.15) is 5.56 Å². The van der Waals surface area contributed by atoms with Crippen LogP contribution >= 0.6 is 0 Å². The van der Waals surface area contributed by atoms with Crippen molar-refractivity contribution < 1.29 is 9.90 Å². The van der Waals surface area contributed by atoms with Crippen molar-refractivity contribution in [3.8, 4) is 0 Å². The monoisotopic (exact) mass is 222 g/mol. The molecule has 4 nitrogen and oxygen atoms in total. The molecule has 1 rings (SSSR count). The number of likely N-dealkylation sites (N-methyl/N-ethyl adjacent to an activating group) is 1. The van der Waals surface area contributed by atoms with Crippen LogP contribution in [0.3, 0.4) is 0 Å². The molecule has 0 aliphatic rings. The molecule has 4 heteroatoms. The Labute approximate surface area is 95.9 Å². The minimum absolute atomic E-state index is 0.0742. The second-order valence-corrected chi connectivity index (χ2v) is 4.10. The first kappa shape index (κ1) is 12.5. The molecule has 1 aromatic carbocycles. The van der Waals surface area contributed by atoms with E-state index in [2.05, 4.69) is 5.32 Å². The fourth-order valence-electron chi connectivity index (χ4n) is 1.68. The van der Waals surface area contributed by atoms with E-state index in [1.54, 1.807) is 0 Å². The zero-order valence-corrected chi connectivity index (χ0v) is 9.68. The summed E-state index contributed by atoms with van der Waals surface area (Å²) in [6, 6.07) is 9.81. The lowest BCUT2D eigenvalue weighted by Gasteiger charge is -2.21. The van der Waals surface area contributed by atoms with Crippen LogP contribution in [0.25, 0.3) is 0 Å². The van der Waals surface area contributed by atoms with Crippen LogP contribution in [-0.2, 0) is 6.42 Å². The Balaban J connectivity index is 2.59. The Morgan fingerprint density at radius 2 is 2.00 bits per heavy atom. The van der Waals surface area contributed by atoms with E-state index in [0.717, 1.165) is 5.56 Å². The predicted molar refractivity (Wildman–Crippen MR) is 63.6 cm³/mol. The predicted octanol–water partition coefficient (Wildman–Crippen LogP) is 1.43. The lowest BCUT2D eigenvalue weighted by Crippen LogP contribution is -2.42. The standard InChI is InChI=1S/C12H18N2O2/c1-14(2)9-11(13-12(15)16)8-10-6-4-3-5-7-10/h3-7,11,13H,8-9H2,1-2H3,(H,15,16). The third-order valence-electron chi connectivity index (χ3n) is 2.24. The quantitative estimate of drug-likeness (QED) is 0.792. The molecule has 16 heavy (non-hydrogen) atoms. The zero-order chi connectivity index (χ0) is 12.0. The van der Waals surface area contributed by atoms with Crippen molar-refractivity contribution in [3.63, 3.8) is 0 Å². The lowest BCUT2D eigenvalue weighted by atomic mass is 10.1. The van der Waals surface area contributed by atoms with Gasteiger partial charge in [0.1, 0.15) is 0 Å². The van der Waals surface area contributed by atoms with Crippen molar-refractivity contribution in [3.05, 3.63) is 35.9 Å². The Kier molecular flexibility index (Phi) is 4.79. The van der Waals surface area contributed by atoms with E-state index in [9.17, 15) is 4.79 Å². The molecule has 0 aliphatic carbocycles. The molecule has 1 unspecified atom stereocenters. The summed E-state index contributed by atoms with van der Waals surface area (Å²) in [4.78, 5) is 12.6. The van der Waals surface area contributed by atoms with Gasteiger partial charge in [-0.2, -0.15) is 0 Å². The number of amides is 1. The molecule has 0 saturated carbocycles. The van der Waals surface area contributed by atoms with Crippen LogP contribution in [0.15, 0.2) is 30.3 Å². The number of hydrogen-bond acceptors (Lipinski definition) is 2. The molecule has 88 valence electrons. The Hall–Kier alpha value is -1.55. The highest BCUT2D eigenvalue weighted by Crippen LogP contribution is 2.03. The van der Waals surface area contributed by atoms with E-state index in [1.165, 1.54) is 0 Å². The van der Waals surface area contributed by atoms with Gasteiger partial charge in [-0.05, 0) is 26.1 Å². The zero-order valence-electron chi connectivity index (χ0n) is 9.68. The number of nitrogens with zero attached hydrogens (tertiary/aromatic N) is 1. The van der Waals surface area contributed by atoms with E-state index >= 15 is 0 Å². The summed E-state index contributed by atoms with van der Waals surface area (Å²) < 4.78 is 0. The SMILES string of the molecule is CN(C)CC(Cc1ccccc1)NC(=O)O. The molecule has 0 aromatic heterocycles. The summed E-state index contributed by atoms with van der Waals surface area (Å²) >= 11 is 0. The summed E-state index contributed by atoms with van der Waals surface area (Å²) in [5.74, 6) is 0. The first-order chi connectivity index (χ1) is 7.58. The highest BCUT2D eigenvalue weighted by molar-refractivity contribution is 5.64. The minimum atomic E-state index is -0.970. The first-order valence-corrected chi connectivity index (χ1v) is 5.26. The average Bonchev–Trinajstić information content (AvgIpc) is 2.16. The molecule has 0 spiro atoms. The van der Waals surface area contributed by atoms with Gasteiger partial charge < -0.3 is 15.3 Å². The summed E-state index contributed by atoms with van der Waals surface area (Å²) in [6.07, 6.45) is -0.256. The Bertz CT molecular complexity index is 325. The second kappa shape index (κ2) is 6.12. The van der Waals surface area contributed by atoms with E-state index in [0.29, 0.717) is 13.0 Å². The number of benzene rings is 1. The first-order valence-electron chi connectivity index (χ1n) is 5.26. The number of hydrogen-bond donors (Lipinski definition) is 2. The van der Waals surface area contributed by atoms with E-state index in [1.807, 2.05) is 49.3 Å². The van der Waals surface area contributed by atoms with Crippen molar-refractivity contribution >= 4 is 6.09 Å². The Morgan fingerprint density at radius 1 is 1.38 bits per heavy atom. The summed E-state index contributed by atoms with van der Waals surface area (Å²) in [5.41, 5.74) is 1.14. The summed E-state index contributed by atoms with van der Waals surface area (Å²) in [6.45, 7) is 0.696. The van der Waals surface area contributed by atoms with Crippen molar-refractivity contribution in [1.82, 2.24) is 10.2 Å². The summed E-state index contributed by atoms with van der Waals surface area (Å²) in [5, 5.41) is 11.3. The van der Waals surface area contributed by atoms with Gasteiger partial charge in [-0.15, -0.1) is 0 Å². The topological polar surface area (TPSA) is 52.6 Å². The molecule has 0 heterocycles. The van der Waals surface area contributed by atoms with E-state index < -0.39 is 6.09 Å². The number of carboxylic acid groups (broad SMARTS) is 1. The van der Waals surface area contributed by atoms with Gasteiger partial charge in [0.05, 0.1) is 0 Å². The maximum absolute atomic E-state index is 10.7. The molecular weight excluding hydrogens is 204 g/mol. The Morgan fingerprint density at radius 3 is 2.50 bits per heavy atom. The van der Waals surface area contributed by atoms with Crippen LogP contribution in [0.2, 0.25) is 0 Å². The van der Waals surface area contributed by atoms with Gasteiger partial charge in [0, 0.05) is 12.6 Å². The molecule has 0 aliphatic heterocycles. The lowest BCUT2D eigenvalue weighted by molar-refractivity contribution is 0.186. The van der Waals surface area contributed by atoms with Crippen molar-refractivity contribution in [1.29, 1.82) is 0 Å². The van der Waals surface area contributed by atoms with Crippen molar-refractivity contribution in [2.24, 2.45) is 0 Å². The van der Waals surface area contributed by atoms with Gasteiger partial charge in [0.15, 0.2) is 0 Å². The molecule has 1 aromatic rings. The van der Waals surface area contributed by atoms with Crippen LogP contribution in [0.4, 0.5) is 4.79 Å². The van der Waals surface area contributed by atoms with Gasteiger partial charge in [-0.3, -0.25) is 0 Å². The van der Waals surface area contributed by atoms with E-state index in [-0.39, 0.29) is 6.04 Å². The van der Waals surface area contributed by atoms with Gasteiger partial charge in [0.25, 0.3) is 0 Å². The van der Waals surface area contributed by atoms with Gasteiger partial charge >= 0.3 is 6.09 Å². The van der Waals surface area contributed by atoms with Gasteiger partial charge in [-0.25, -0.2) is 4.79 Å². The van der Waals surface area contributed by atoms with Crippen LogP contribution in [0, 0.1) is 0 Å². The third-order valence-corrected chi connectivity index (χ3v) is 2.24. The van der Waals surface area contributed by atoms with Crippen LogP contribution in [-0.4, -0.2) is 42.8 Å². The molecule has 0 bridgehead atoms. The molecule has 1 atom stereocenters. The van der Waals surface area contributed by atoms with Gasteiger partial charge in [-0.1, -0.05) is 30.3 Å².